The lowest BCUT2D eigenvalue weighted by atomic mass is 10.1. The van der Waals surface area contributed by atoms with Gasteiger partial charge in [0.1, 0.15) is 11.6 Å². The summed E-state index contributed by atoms with van der Waals surface area (Å²) in [6.45, 7) is 8.27. The van der Waals surface area contributed by atoms with Gasteiger partial charge in [0.15, 0.2) is 5.82 Å². The van der Waals surface area contributed by atoms with E-state index in [4.69, 9.17) is 4.74 Å². The molecule has 6 nitrogen and oxygen atoms in total. The molecule has 0 unspecified atom stereocenters. The van der Waals surface area contributed by atoms with Crippen LogP contribution in [0.1, 0.15) is 17.2 Å². The van der Waals surface area contributed by atoms with E-state index in [1.165, 1.54) is 5.56 Å². The van der Waals surface area contributed by atoms with Crippen molar-refractivity contribution >= 4 is 0 Å². The van der Waals surface area contributed by atoms with Gasteiger partial charge >= 0.3 is 0 Å². The average molecular weight is 315 g/mol. The normalized spacial score (nSPS) is 16.6. The number of aromatic amines is 1. The number of piperazine rings is 1. The number of aryl methyl sites for hydroxylation is 1. The monoisotopic (exact) mass is 315 g/mol. The minimum Gasteiger partial charge on any atom is -0.497 e. The van der Waals surface area contributed by atoms with Crippen molar-refractivity contribution in [2.45, 2.75) is 19.9 Å². The first-order valence-electron chi connectivity index (χ1n) is 8.18. The Kier molecular flexibility index (Phi) is 5.25. The van der Waals surface area contributed by atoms with E-state index in [-0.39, 0.29) is 0 Å². The fourth-order valence-electron chi connectivity index (χ4n) is 2.91. The van der Waals surface area contributed by atoms with E-state index in [1.54, 1.807) is 7.11 Å². The second-order valence-corrected chi connectivity index (χ2v) is 6.05. The highest BCUT2D eigenvalue weighted by Gasteiger charge is 2.17. The maximum absolute atomic E-state index is 5.20. The standard InChI is InChI=1S/C17H25N5O/c1-14-18-17(20-19-14)13-22-11-9-21(10-12-22)8-7-15-3-5-16(23-2)6-4-15/h3-6H,7-13H2,1-2H3,(H,18,19,20). The highest BCUT2D eigenvalue weighted by molar-refractivity contribution is 5.27. The number of hydrogen-bond donors (Lipinski definition) is 1. The zero-order valence-electron chi connectivity index (χ0n) is 14.0. The van der Waals surface area contributed by atoms with Gasteiger partial charge in [0.2, 0.25) is 0 Å². The van der Waals surface area contributed by atoms with Crippen molar-refractivity contribution in [3.63, 3.8) is 0 Å². The number of H-pyrrole nitrogens is 1. The van der Waals surface area contributed by atoms with E-state index in [2.05, 4.69) is 37.1 Å². The first kappa shape index (κ1) is 16.0. The van der Waals surface area contributed by atoms with E-state index in [0.717, 1.165) is 63.1 Å². The number of benzene rings is 1. The Labute approximate surface area is 137 Å². The van der Waals surface area contributed by atoms with Crippen molar-refractivity contribution in [2.75, 3.05) is 39.8 Å². The zero-order chi connectivity index (χ0) is 16.1. The van der Waals surface area contributed by atoms with E-state index >= 15 is 0 Å². The molecule has 0 aliphatic carbocycles. The molecule has 0 amide bonds. The molecule has 0 spiro atoms. The highest BCUT2D eigenvalue weighted by atomic mass is 16.5. The number of ether oxygens (including phenoxy) is 1. The molecule has 124 valence electrons. The van der Waals surface area contributed by atoms with Crippen molar-refractivity contribution < 1.29 is 4.74 Å². The Bertz CT molecular complexity index is 602. The van der Waals surface area contributed by atoms with Crippen LogP contribution in [-0.2, 0) is 13.0 Å². The summed E-state index contributed by atoms with van der Waals surface area (Å²) >= 11 is 0. The summed E-state index contributed by atoms with van der Waals surface area (Å²) in [6, 6.07) is 8.37. The van der Waals surface area contributed by atoms with Crippen LogP contribution in [0.2, 0.25) is 0 Å². The van der Waals surface area contributed by atoms with Gasteiger partial charge in [0.05, 0.1) is 13.7 Å². The Morgan fingerprint density at radius 3 is 2.39 bits per heavy atom. The molecule has 6 heteroatoms. The molecular weight excluding hydrogens is 290 g/mol. The highest BCUT2D eigenvalue weighted by Crippen LogP contribution is 2.13. The molecule has 1 aliphatic heterocycles. The molecule has 0 radical (unpaired) electrons. The third kappa shape index (κ3) is 4.53. The molecule has 0 bridgehead atoms. The topological polar surface area (TPSA) is 57.3 Å². The van der Waals surface area contributed by atoms with Crippen LogP contribution in [0.25, 0.3) is 0 Å². The average Bonchev–Trinajstić information content (AvgIpc) is 2.99. The number of nitrogens with zero attached hydrogens (tertiary/aromatic N) is 4. The lowest BCUT2D eigenvalue weighted by Gasteiger charge is -2.34. The summed E-state index contributed by atoms with van der Waals surface area (Å²) in [5.41, 5.74) is 1.37. The summed E-state index contributed by atoms with van der Waals surface area (Å²) in [4.78, 5) is 9.34. The van der Waals surface area contributed by atoms with Crippen molar-refractivity contribution in [1.82, 2.24) is 25.0 Å². The van der Waals surface area contributed by atoms with Crippen molar-refractivity contribution in [3.8, 4) is 5.75 Å². The fourth-order valence-corrected chi connectivity index (χ4v) is 2.91. The maximum Gasteiger partial charge on any atom is 0.164 e. The van der Waals surface area contributed by atoms with Crippen LogP contribution in [0.15, 0.2) is 24.3 Å². The number of hydrogen-bond acceptors (Lipinski definition) is 5. The quantitative estimate of drug-likeness (QED) is 0.875. The predicted octanol–water partition coefficient (Wildman–Crippen LogP) is 1.48. The Balaban J connectivity index is 1.40. The van der Waals surface area contributed by atoms with Crippen LogP contribution in [0.5, 0.6) is 5.75 Å². The Morgan fingerprint density at radius 2 is 1.78 bits per heavy atom. The van der Waals surface area contributed by atoms with Crippen LogP contribution in [0, 0.1) is 6.92 Å². The molecule has 1 aromatic heterocycles. The fraction of sp³-hybridized carbons (Fsp3) is 0.529. The first-order valence-corrected chi connectivity index (χ1v) is 8.18. The molecule has 2 aromatic rings. The SMILES string of the molecule is COc1ccc(CCN2CCN(Cc3n[nH]c(C)n3)CC2)cc1. The molecule has 0 saturated carbocycles. The predicted molar refractivity (Wildman–Crippen MR) is 89.5 cm³/mol. The molecule has 23 heavy (non-hydrogen) atoms. The van der Waals surface area contributed by atoms with Gasteiger partial charge in [-0.1, -0.05) is 12.1 Å². The second kappa shape index (κ2) is 7.57. The summed E-state index contributed by atoms with van der Waals surface area (Å²) in [6.07, 6.45) is 1.09. The van der Waals surface area contributed by atoms with Crippen molar-refractivity contribution in [1.29, 1.82) is 0 Å². The van der Waals surface area contributed by atoms with E-state index in [1.807, 2.05) is 19.1 Å². The van der Waals surface area contributed by atoms with Gasteiger partial charge in [-0.05, 0) is 31.0 Å². The Morgan fingerprint density at radius 1 is 1.09 bits per heavy atom. The van der Waals surface area contributed by atoms with Crippen LogP contribution in [-0.4, -0.2) is 64.8 Å². The van der Waals surface area contributed by atoms with Gasteiger partial charge in [-0.2, -0.15) is 5.10 Å². The van der Waals surface area contributed by atoms with Crippen molar-refractivity contribution in [2.24, 2.45) is 0 Å². The second-order valence-electron chi connectivity index (χ2n) is 6.05. The molecule has 1 fully saturated rings. The van der Waals surface area contributed by atoms with E-state index < -0.39 is 0 Å². The zero-order valence-corrected chi connectivity index (χ0v) is 14.0. The lowest BCUT2D eigenvalue weighted by Crippen LogP contribution is -2.46. The van der Waals surface area contributed by atoms with Gasteiger partial charge in [-0.3, -0.25) is 10.00 Å². The minimum atomic E-state index is 0.844. The minimum absolute atomic E-state index is 0.844. The largest absolute Gasteiger partial charge is 0.497 e. The smallest absolute Gasteiger partial charge is 0.164 e. The first-order chi connectivity index (χ1) is 11.2. The maximum atomic E-state index is 5.20. The number of aromatic nitrogens is 3. The van der Waals surface area contributed by atoms with Crippen LogP contribution >= 0.6 is 0 Å². The van der Waals surface area contributed by atoms with Gasteiger partial charge in [0, 0.05) is 32.7 Å². The molecule has 1 aromatic carbocycles. The van der Waals surface area contributed by atoms with Crippen LogP contribution in [0.3, 0.4) is 0 Å². The Hall–Kier alpha value is -1.92. The van der Waals surface area contributed by atoms with Gasteiger partial charge < -0.3 is 9.64 Å². The molecule has 1 saturated heterocycles. The molecule has 2 heterocycles. The molecule has 3 rings (SSSR count). The van der Waals surface area contributed by atoms with Crippen LogP contribution in [0.4, 0.5) is 0 Å². The number of methoxy groups -OCH3 is 1. The van der Waals surface area contributed by atoms with Crippen LogP contribution < -0.4 is 4.74 Å². The molecular formula is C17H25N5O. The lowest BCUT2D eigenvalue weighted by molar-refractivity contribution is 0.126. The van der Waals surface area contributed by atoms with Gasteiger partial charge in [-0.15, -0.1) is 0 Å². The molecule has 1 aliphatic rings. The van der Waals surface area contributed by atoms with E-state index in [0.29, 0.717) is 0 Å². The number of nitrogens with one attached hydrogen (secondary N) is 1. The van der Waals surface area contributed by atoms with Crippen molar-refractivity contribution in [3.05, 3.63) is 41.5 Å². The summed E-state index contributed by atoms with van der Waals surface area (Å²) in [5, 5.41) is 7.12. The molecule has 0 atom stereocenters. The van der Waals surface area contributed by atoms with E-state index in [9.17, 15) is 0 Å². The third-order valence-electron chi connectivity index (χ3n) is 4.35. The number of rotatable bonds is 6. The summed E-state index contributed by atoms with van der Waals surface area (Å²) < 4.78 is 5.20. The molecule has 1 N–H and O–H groups in total. The van der Waals surface area contributed by atoms with Gasteiger partial charge in [0.25, 0.3) is 0 Å². The summed E-state index contributed by atoms with van der Waals surface area (Å²) in [7, 11) is 1.70. The van der Waals surface area contributed by atoms with Gasteiger partial charge in [-0.25, -0.2) is 4.98 Å². The third-order valence-corrected chi connectivity index (χ3v) is 4.35. The summed E-state index contributed by atoms with van der Waals surface area (Å²) in [5.74, 6) is 2.71.